The Morgan fingerprint density at radius 2 is 1.61 bits per heavy atom. The fourth-order valence-corrected chi connectivity index (χ4v) is 3.91. The zero-order valence-corrected chi connectivity index (χ0v) is 21.0. The highest BCUT2D eigenvalue weighted by Gasteiger charge is 2.30. The van der Waals surface area contributed by atoms with Crippen LogP contribution < -0.4 is 5.32 Å². The smallest absolute Gasteiger partial charge is 0.330 e. The summed E-state index contributed by atoms with van der Waals surface area (Å²) in [6.07, 6.45) is 7.99. The Bertz CT molecular complexity index is 894. The van der Waals surface area contributed by atoms with Crippen molar-refractivity contribution in [2.75, 3.05) is 7.11 Å². The second kappa shape index (κ2) is 12.5. The molecule has 0 spiro atoms. The SMILES string of the molecule is CCCC[C@@H](C(=O)OC)n1cc([C@H](C(C)CC)n2cc([C@@H](NC(C)=O)C(C)CC)nn2)nn1. The normalized spacial score (nSPS) is 16.0. The summed E-state index contributed by atoms with van der Waals surface area (Å²) < 4.78 is 8.39. The number of aromatic nitrogens is 6. The molecule has 5 atom stereocenters. The van der Waals surface area contributed by atoms with Gasteiger partial charge in [-0.3, -0.25) is 4.79 Å². The van der Waals surface area contributed by atoms with Gasteiger partial charge in [-0.25, -0.2) is 14.2 Å². The van der Waals surface area contributed by atoms with E-state index in [-0.39, 0.29) is 35.8 Å². The van der Waals surface area contributed by atoms with Gasteiger partial charge in [-0.15, -0.1) is 10.2 Å². The Kier molecular flexibility index (Phi) is 9.99. The third-order valence-electron chi connectivity index (χ3n) is 6.34. The first-order chi connectivity index (χ1) is 15.8. The quantitative estimate of drug-likeness (QED) is 0.453. The van der Waals surface area contributed by atoms with Gasteiger partial charge in [-0.1, -0.05) is 70.7 Å². The molecule has 2 heterocycles. The number of hydrogen-bond acceptors (Lipinski definition) is 7. The van der Waals surface area contributed by atoms with Crippen molar-refractivity contribution in [3.63, 3.8) is 0 Å². The molecule has 0 saturated heterocycles. The summed E-state index contributed by atoms with van der Waals surface area (Å²) in [7, 11) is 1.39. The van der Waals surface area contributed by atoms with E-state index >= 15 is 0 Å². The number of hydrogen-bond donors (Lipinski definition) is 1. The summed E-state index contributed by atoms with van der Waals surface area (Å²) in [5.74, 6) is -0.0203. The molecule has 10 nitrogen and oxygen atoms in total. The van der Waals surface area contributed by atoms with E-state index < -0.39 is 6.04 Å². The number of esters is 1. The van der Waals surface area contributed by atoms with Gasteiger partial charge in [0.1, 0.15) is 17.4 Å². The number of ether oxygens (including phenoxy) is 1. The van der Waals surface area contributed by atoms with Crippen LogP contribution in [0.1, 0.15) is 103 Å². The molecule has 0 radical (unpaired) electrons. The van der Waals surface area contributed by atoms with E-state index in [1.54, 1.807) is 9.36 Å². The maximum absolute atomic E-state index is 12.3. The van der Waals surface area contributed by atoms with Crippen LogP contribution in [-0.2, 0) is 14.3 Å². The van der Waals surface area contributed by atoms with Crippen molar-refractivity contribution in [1.82, 2.24) is 35.3 Å². The zero-order valence-electron chi connectivity index (χ0n) is 21.0. The summed E-state index contributed by atoms with van der Waals surface area (Å²) in [5.41, 5.74) is 1.43. The van der Waals surface area contributed by atoms with Crippen LogP contribution in [0.25, 0.3) is 0 Å². The highest BCUT2D eigenvalue weighted by Crippen LogP contribution is 2.30. The lowest BCUT2D eigenvalue weighted by molar-refractivity contribution is -0.145. The fourth-order valence-electron chi connectivity index (χ4n) is 3.91. The molecule has 0 saturated carbocycles. The molecule has 2 aromatic heterocycles. The number of unbranched alkanes of at least 4 members (excludes halogenated alkanes) is 1. The van der Waals surface area contributed by atoms with Crippen LogP contribution >= 0.6 is 0 Å². The topological polar surface area (TPSA) is 117 Å². The minimum Gasteiger partial charge on any atom is -0.467 e. The number of carbonyl (C=O) groups excluding carboxylic acids is 2. The second-order valence-electron chi connectivity index (χ2n) is 8.82. The third kappa shape index (κ3) is 6.61. The van der Waals surface area contributed by atoms with Gasteiger partial charge in [0.05, 0.1) is 25.5 Å². The second-order valence-corrected chi connectivity index (χ2v) is 8.82. The van der Waals surface area contributed by atoms with Crippen molar-refractivity contribution in [2.45, 2.75) is 91.8 Å². The number of methoxy groups -OCH3 is 1. The molecule has 0 fully saturated rings. The number of rotatable bonds is 13. The lowest BCUT2D eigenvalue weighted by Gasteiger charge is -2.22. The van der Waals surface area contributed by atoms with Crippen LogP contribution in [0, 0.1) is 11.8 Å². The molecule has 1 N–H and O–H groups in total. The van der Waals surface area contributed by atoms with Gasteiger partial charge in [0, 0.05) is 6.92 Å². The first-order valence-electron chi connectivity index (χ1n) is 12.0. The maximum Gasteiger partial charge on any atom is 0.330 e. The highest BCUT2D eigenvalue weighted by atomic mass is 16.5. The van der Waals surface area contributed by atoms with Crippen molar-refractivity contribution >= 4 is 11.9 Å². The Labute approximate surface area is 196 Å². The predicted octanol–water partition coefficient (Wildman–Crippen LogP) is 3.63. The van der Waals surface area contributed by atoms with Gasteiger partial charge in [-0.05, 0) is 18.3 Å². The number of amides is 1. The van der Waals surface area contributed by atoms with Gasteiger partial charge >= 0.3 is 5.97 Å². The Balaban J connectivity index is 2.40. The van der Waals surface area contributed by atoms with Crippen molar-refractivity contribution < 1.29 is 14.3 Å². The molecule has 1 amide bonds. The molecule has 2 unspecified atom stereocenters. The van der Waals surface area contributed by atoms with Crippen molar-refractivity contribution in [3.8, 4) is 0 Å². The van der Waals surface area contributed by atoms with Crippen LogP contribution in [0.5, 0.6) is 0 Å². The summed E-state index contributed by atoms with van der Waals surface area (Å²) in [5, 5.41) is 20.5. The van der Waals surface area contributed by atoms with Gasteiger partial charge in [-0.2, -0.15) is 0 Å². The predicted molar refractivity (Wildman–Crippen MR) is 124 cm³/mol. The summed E-state index contributed by atoms with van der Waals surface area (Å²) in [6.45, 7) is 12.0. The average Bonchev–Trinajstić information content (AvgIpc) is 3.47. The third-order valence-corrected chi connectivity index (χ3v) is 6.34. The number of nitrogens with one attached hydrogen (secondary N) is 1. The van der Waals surface area contributed by atoms with Crippen molar-refractivity contribution in [2.24, 2.45) is 11.8 Å². The molecule has 184 valence electrons. The molecule has 0 aromatic carbocycles. The van der Waals surface area contributed by atoms with E-state index in [2.05, 4.69) is 60.6 Å². The lowest BCUT2D eigenvalue weighted by Crippen LogP contribution is -2.31. The summed E-state index contributed by atoms with van der Waals surface area (Å²) in [4.78, 5) is 24.1. The molecule has 0 aliphatic rings. The van der Waals surface area contributed by atoms with E-state index in [1.807, 2.05) is 12.4 Å². The van der Waals surface area contributed by atoms with Gasteiger partial charge in [0.2, 0.25) is 5.91 Å². The summed E-state index contributed by atoms with van der Waals surface area (Å²) >= 11 is 0. The monoisotopic (exact) mass is 461 g/mol. The molecule has 33 heavy (non-hydrogen) atoms. The number of carbonyl (C=O) groups is 2. The Hall–Kier alpha value is -2.78. The minimum atomic E-state index is -0.505. The maximum atomic E-state index is 12.3. The van der Waals surface area contributed by atoms with Crippen molar-refractivity contribution in [1.29, 1.82) is 0 Å². The van der Waals surface area contributed by atoms with Gasteiger partial charge < -0.3 is 10.1 Å². The van der Waals surface area contributed by atoms with E-state index in [4.69, 9.17) is 4.74 Å². The molecule has 2 aromatic rings. The lowest BCUT2D eigenvalue weighted by atomic mass is 9.95. The molecular formula is C23H39N7O3. The van der Waals surface area contributed by atoms with Crippen LogP contribution in [-0.4, -0.2) is 49.0 Å². The Morgan fingerprint density at radius 3 is 2.18 bits per heavy atom. The summed E-state index contributed by atoms with van der Waals surface area (Å²) in [6, 6.07) is -0.925. The fraction of sp³-hybridized carbons (Fsp3) is 0.739. The largest absolute Gasteiger partial charge is 0.467 e. The standard InChI is InChI=1S/C23H39N7O3/c1-8-11-12-20(23(32)33-7)29-14-19(26-27-29)22(16(5)10-3)30-13-18(25-28-30)21(15(4)9-2)24-17(6)31/h13-16,20-22H,8-12H2,1-7H3,(H,24,31)/t15?,16?,20-,21-,22-/m0/s1. The van der Waals surface area contributed by atoms with Gasteiger partial charge in [0.15, 0.2) is 6.04 Å². The first-order valence-corrected chi connectivity index (χ1v) is 12.0. The van der Waals surface area contributed by atoms with E-state index in [0.29, 0.717) is 12.1 Å². The van der Waals surface area contributed by atoms with Crippen LogP contribution in [0.15, 0.2) is 12.4 Å². The molecule has 10 heteroatoms. The van der Waals surface area contributed by atoms with E-state index in [9.17, 15) is 9.59 Å². The van der Waals surface area contributed by atoms with Gasteiger partial charge in [0.25, 0.3) is 0 Å². The van der Waals surface area contributed by atoms with Crippen LogP contribution in [0.4, 0.5) is 0 Å². The van der Waals surface area contributed by atoms with E-state index in [0.717, 1.165) is 31.4 Å². The molecule has 0 aliphatic heterocycles. The van der Waals surface area contributed by atoms with Crippen LogP contribution in [0.3, 0.4) is 0 Å². The van der Waals surface area contributed by atoms with Crippen molar-refractivity contribution in [3.05, 3.63) is 23.8 Å². The Morgan fingerprint density at radius 1 is 1.00 bits per heavy atom. The first kappa shape index (κ1) is 26.5. The minimum absolute atomic E-state index is 0.0998. The zero-order chi connectivity index (χ0) is 24.5. The molecular weight excluding hydrogens is 422 g/mol. The average molecular weight is 462 g/mol. The number of nitrogens with zero attached hydrogens (tertiary/aromatic N) is 6. The highest BCUT2D eigenvalue weighted by molar-refractivity contribution is 5.74. The van der Waals surface area contributed by atoms with Crippen LogP contribution in [0.2, 0.25) is 0 Å². The molecule has 2 rings (SSSR count). The molecule has 0 bridgehead atoms. The molecule has 0 aliphatic carbocycles. The van der Waals surface area contributed by atoms with E-state index in [1.165, 1.54) is 14.0 Å².